The van der Waals surface area contributed by atoms with Crippen LogP contribution in [-0.4, -0.2) is 21.8 Å². The molecule has 170 valence electrons. The van der Waals surface area contributed by atoms with E-state index in [2.05, 4.69) is 5.16 Å². The zero-order valence-corrected chi connectivity index (χ0v) is 20.0. The van der Waals surface area contributed by atoms with Crippen LogP contribution in [0.5, 0.6) is 0 Å². The van der Waals surface area contributed by atoms with E-state index >= 15 is 0 Å². The molecule has 1 fully saturated rings. The van der Waals surface area contributed by atoms with Crippen LogP contribution in [0.4, 0.5) is 5.69 Å². The number of Topliss-reactive ketones (excluding diaryl/α,β-unsaturated/α-hetero) is 1. The van der Waals surface area contributed by atoms with Gasteiger partial charge in [0.2, 0.25) is 0 Å². The monoisotopic (exact) mass is 488 g/mol. The van der Waals surface area contributed by atoms with Gasteiger partial charge < -0.3 is 4.84 Å². The number of hydrogen-bond donors (Lipinski definition) is 0. The van der Waals surface area contributed by atoms with Crippen molar-refractivity contribution in [2.24, 2.45) is 15.6 Å². The molecular formula is C27H21ClN2O3S. The van der Waals surface area contributed by atoms with Crippen LogP contribution in [0.2, 0.25) is 5.02 Å². The number of thioether (sulfide) groups is 1. The number of rotatable bonds is 3. The molecular weight excluding hydrogens is 468 g/mol. The lowest BCUT2D eigenvalue weighted by Gasteiger charge is -2.37. The van der Waals surface area contributed by atoms with Gasteiger partial charge in [-0.15, -0.1) is 0 Å². The van der Waals surface area contributed by atoms with Gasteiger partial charge in [-0.25, -0.2) is 9.79 Å². The highest BCUT2D eigenvalue weighted by Crippen LogP contribution is 2.57. The van der Waals surface area contributed by atoms with E-state index in [9.17, 15) is 9.59 Å². The number of aryl methyl sites for hydroxylation is 1. The Bertz CT molecular complexity index is 1320. The van der Waals surface area contributed by atoms with Crippen molar-refractivity contribution in [2.45, 2.75) is 25.7 Å². The zero-order valence-electron chi connectivity index (χ0n) is 18.4. The van der Waals surface area contributed by atoms with Crippen LogP contribution in [0.1, 0.15) is 40.7 Å². The fourth-order valence-electron chi connectivity index (χ4n) is 4.71. The molecule has 1 aliphatic heterocycles. The molecule has 3 aromatic carbocycles. The summed E-state index contributed by atoms with van der Waals surface area (Å²) in [6.45, 7) is 1.30. The van der Waals surface area contributed by atoms with Crippen molar-refractivity contribution < 1.29 is 14.4 Å². The van der Waals surface area contributed by atoms with E-state index in [0.29, 0.717) is 27.1 Å². The first kappa shape index (κ1) is 22.6. The quantitative estimate of drug-likeness (QED) is 0.308. The largest absolute Gasteiger partial charge is 0.332 e. The van der Waals surface area contributed by atoms with Crippen LogP contribution in [-0.2, 0) is 16.1 Å². The minimum absolute atomic E-state index is 0.00417. The Hall–Kier alpha value is -3.22. The van der Waals surface area contributed by atoms with E-state index in [0.717, 1.165) is 23.2 Å². The van der Waals surface area contributed by atoms with E-state index in [-0.39, 0.29) is 5.78 Å². The summed E-state index contributed by atoms with van der Waals surface area (Å²) in [4.78, 5) is 35.9. The minimum Gasteiger partial charge on any atom is -0.318 e. The molecule has 2 aliphatic rings. The van der Waals surface area contributed by atoms with Crippen LogP contribution in [0.25, 0.3) is 0 Å². The molecule has 1 aliphatic carbocycles. The van der Waals surface area contributed by atoms with Gasteiger partial charge in [0.05, 0.1) is 22.1 Å². The molecule has 1 heterocycles. The third-order valence-electron chi connectivity index (χ3n) is 6.23. The van der Waals surface area contributed by atoms with E-state index < -0.39 is 17.3 Å². The second-order valence-electron chi connectivity index (χ2n) is 8.31. The summed E-state index contributed by atoms with van der Waals surface area (Å²) in [5, 5.41) is 5.98. The van der Waals surface area contributed by atoms with Crippen molar-refractivity contribution in [3.63, 3.8) is 0 Å². The molecule has 0 unspecified atom stereocenters. The smallest absolute Gasteiger partial charge is 0.318 e. The Morgan fingerprint density at radius 3 is 2.47 bits per heavy atom. The van der Waals surface area contributed by atoms with Gasteiger partial charge >= 0.3 is 5.97 Å². The molecule has 1 saturated heterocycles. The second kappa shape index (κ2) is 9.20. The lowest BCUT2D eigenvalue weighted by atomic mass is 9.62. The molecule has 0 radical (unpaired) electrons. The zero-order chi connectivity index (χ0) is 23.7. The lowest BCUT2D eigenvalue weighted by molar-refractivity contribution is -0.140. The molecule has 5 rings (SSSR count). The highest BCUT2D eigenvalue weighted by Gasteiger charge is 2.60. The summed E-state index contributed by atoms with van der Waals surface area (Å²) in [5.74, 6) is -0.979. The molecule has 0 saturated carbocycles. The van der Waals surface area contributed by atoms with E-state index in [1.807, 2.05) is 66.7 Å². The highest BCUT2D eigenvalue weighted by atomic mass is 35.5. The van der Waals surface area contributed by atoms with Crippen LogP contribution in [0.3, 0.4) is 0 Å². The molecule has 34 heavy (non-hydrogen) atoms. The van der Waals surface area contributed by atoms with Gasteiger partial charge in [0.15, 0.2) is 5.78 Å². The number of oxime groups is 1. The van der Waals surface area contributed by atoms with Crippen molar-refractivity contribution in [3.8, 4) is 0 Å². The summed E-state index contributed by atoms with van der Waals surface area (Å²) >= 11 is 7.48. The van der Waals surface area contributed by atoms with Gasteiger partial charge in [0.1, 0.15) is 5.04 Å². The Kier molecular flexibility index (Phi) is 6.11. The minimum atomic E-state index is -0.971. The average molecular weight is 489 g/mol. The predicted molar refractivity (Wildman–Crippen MR) is 136 cm³/mol. The number of ketones is 1. The first-order chi connectivity index (χ1) is 16.5. The van der Waals surface area contributed by atoms with Gasteiger partial charge in [0, 0.05) is 17.5 Å². The SMILES string of the molecule is CC(=O)O/N=C1\SC(=Nc2ccccc2)[C@@]2(CCc3ccccc3C2=O)[C@@H]1c1ccc(Cl)cc1. The number of halogens is 1. The normalized spacial score (nSPS) is 23.9. The van der Waals surface area contributed by atoms with Crippen LogP contribution < -0.4 is 0 Å². The first-order valence-corrected chi connectivity index (χ1v) is 12.1. The van der Waals surface area contributed by atoms with Gasteiger partial charge in [-0.3, -0.25) is 4.79 Å². The van der Waals surface area contributed by atoms with Crippen molar-refractivity contribution in [2.75, 3.05) is 0 Å². The second-order valence-corrected chi connectivity index (χ2v) is 9.75. The number of carbonyl (C=O) groups excluding carboxylic acids is 2. The maximum atomic E-state index is 14.3. The highest BCUT2D eigenvalue weighted by molar-refractivity contribution is 8.27. The Morgan fingerprint density at radius 1 is 1.03 bits per heavy atom. The van der Waals surface area contributed by atoms with Crippen molar-refractivity contribution in [1.29, 1.82) is 0 Å². The first-order valence-electron chi connectivity index (χ1n) is 10.9. The summed E-state index contributed by atoms with van der Waals surface area (Å²) in [7, 11) is 0. The van der Waals surface area contributed by atoms with E-state index in [4.69, 9.17) is 21.4 Å². The van der Waals surface area contributed by atoms with Crippen LogP contribution in [0.15, 0.2) is 89.0 Å². The van der Waals surface area contributed by atoms with Crippen LogP contribution >= 0.6 is 23.4 Å². The summed E-state index contributed by atoms with van der Waals surface area (Å²) in [5.41, 5.74) is 2.38. The third-order valence-corrected chi connectivity index (χ3v) is 7.65. The van der Waals surface area contributed by atoms with Crippen molar-refractivity contribution in [3.05, 3.63) is 101 Å². The maximum Gasteiger partial charge on any atom is 0.332 e. The van der Waals surface area contributed by atoms with Gasteiger partial charge in [0.25, 0.3) is 0 Å². The lowest BCUT2D eigenvalue weighted by Crippen LogP contribution is -2.44. The molecule has 0 bridgehead atoms. The molecule has 0 amide bonds. The topological polar surface area (TPSA) is 68.1 Å². The van der Waals surface area contributed by atoms with E-state index in [1.54, 1.807) is 12.1 Å². The average Bonchev–Trinajstić information content (AvgIpc) is 3.15. The molecule has 2 atom stereocenters. The summed E-state index contributed by atoms with van der Waals surface area (Å²) in [6, 6.07) is 24.7. The van der Waals surface area contributed by atoms with Crippen LogP contribution in [0, 0.1) is 5.41 Å². The van der Waals surface area contributed by atoms with Gasteiger partial charge in [-0.05, 0) is 48.2 Å². The fourth-order valence-corrected chi connectivity index (χ4v) is 6.21. The summed E-state index contributed by atoms with van der Waals surface area (Å²) in [6.07, 6.45) is 1.29. The Labute approximate surface area is 206 Å². The molecule has 7 heteroatoms. The molecule has 5 nitrogen and oxygen atoms in total. The standard InChI is InChI=1S/C27H21ClN2O3S/c1-17(31)33-30-25-23(19-11-13-20(28)14-12-19)27(26(34-25)29-21-8-3-2-4-9-21)16-15-18-7-5-6-10-22(18)24(27)32/h2-14,23H,15-16H2,1H3/b29-26?,30-25-/t23-,27+/m1/s1. The Morgan fingerprint density at radius 2 is 1.74 bits per heavy atom. The van der Waals surface area contributed by atoms with Gasteiger partial charge in [-0.2, -0.15) is 0 Å². The number of benzene rings is 3. The fraction of sp³-hybridized carbons (Fsp3) is 0.185. The molecule has 3 aromatic rings. The number of hydrogen-bond acceptors (Lipinski definition) is 6. The van der Waals surface area contributed by atoms with Crippen molar-refractivity contribution >= 4 is 50.9 Å². The molecule has 0 N–H and O–H groups in total. The molecule has 1 spiro atoms. The third kappa shape index (κ3) is 3.97. The van der Waals surface area contributed by atoms with Gasteiger partial charge in [-0.1, -0.05) is 83.1 Å². The number of fused-ring (bicyclic) bond motifs is 1. The predicted octanol–water partition coefficient (Wildman–Crippen LogP) is 6.59. The maximum absolute atomic E-state index is 14.3. The Balaban J connectivity index is 1.75. The van der Waals surface area contributed by atoms with E-state index in [1.165, 1.54) is 18.7 Å². The summed E-state index contributed by atoms with van der Waals surface area (Å²) < 4.78 is 0. The van der Waals surface area contributed by atoms with Crippen molar-refractivity contribution in [1.82, 2.24) is 0 Å². The number of carbonyl (C=O) groups is 2. The molecule has 0 aromatic heterocycles. The number of nitrogens with zero attached hydrogens (tertiary/aromatic N) is 2. The number of para-hydroxylation sites is 1. The number of aliphatic imine (C=N–C) groups is 1.